The van der Waals surface area contributed by atoms with Crippen molar-refractivity contribution in [2.45, 2.75) is 109 Å². The van der Waals surface area contributed by atoms with Crippen molar-refractivity contribution in [3.8, 4) is 0 Å². The first-order valence-corrected chi connectivity index (χ1v) is 15.6. The van der Waals surface area contributed by atoms with Gasteiger partial charge in [0.15, 0.2) is 0 Å². The van der Waals surface area contributed by atoms with Gasteiger partial charge in [0.05, 0.1) is 12.6 Å². The summed E-state index contributed by atoms with van der Waals surface area (Å²) in [5, 5.41) is 3.94. The lowest BCUT2D eigenvalue weighted by Gasteiger charge is -2.19. The zero-order chi connectivity index (χ0) is 26.8. The highest BCUT2D eigenvalue weighted by Crippen LogP contribution is 2.36. The fourth-order valence-corrected chi connectivity index (χ4v) is 4.93. The number of unbranched alkanes of at least 4 members (excludes halogenated alkanes) is 11. The summed E-state index contributed by atoms with van der Waals surface area (Å²) in [6, 6.07) is 7.29. The molecule has 1 atom stereocenters. The molecule has 8 heteroatoms. The minimum Gasteiger partial charge on any atom is -0.361 e. The Balaban J connectivity index is 1.60. The Morgan fingerprint density at radius 2 is 1.59 bits per heavy atom. The van der Waals surface area contributed by atoms with Crippen molar-refractivity contribution in [1.82, 2.24) is 10.3 Å². The number of para-hydroxylation sites is 1. The van der Waals surface area contributed by atoms with Gasteiger partial charge < -0.3 is 20.1 Å². The molecule has 0 unspecified atom stereocenters. The normalized spacial score (nSPS) is 12.9. The van der Waals surface area contributed by atoms with E-state index in [2.05, 4.69) is 29.4 Å². The van der Waals surface area contributed by atoms with E-state index in [9.17, 15) is 9.36 Å². The van der Waals surface area contributed by atoms with Crippen LogP contribution < -0.4 is 5.32 Å². The number of H-pyrrole nitrogens is 1. The van der Waals surface area contributed by atoms with Gasteiger partial charge in [0.2, 0.25) is 5.91 Å². The van der Waals surface area contributed by atoms with Crippen LogP contribution in [0.5, 0.6) is 0 Å². The maximum atomic E-state index is 12.5. The lowest BCUT2D eigenvalue weighted by Crippen LogP contribution is -2.39. The summed E-state index contributed by atoms with van der Waals surface area (Å²) < 4.78 is 15.9. The number of amides is 1. The van der Waals surface area contributed by atoms with E-state index in [1.807, 2.05) is 30.5 Å². The summed E-state index contributed by atoms with van der Waals surface area (Å²) in [4.78, 5) is 34.0. The minimum absolute atomic E-state index is 0.114. The summed E-state index contributed by atoms with van der Waals surface area (Å²) >= 11 is 0. The second-order valence-electron chi connectivity index (χ2n) is 9.95. The van der Waals surface area contributed by atoms with Gasteiger partial charge in [-0.05, 0) is 50.2 Å². The molecule has 1 aromatic heterocycles. The zero-order valence-corrected chi connectivity index (χ0v) is 23.4. The molecule has 37 heavy (non-hydrogen) atoms. The van der Waals surface area contributed by atoms with Crippen LogP contribution in [-0.2, 0) is 20.3 Å². The second-order valence-corrected chi connectivity index (χ2v) is 11.2. The SMILES string of the molecule is CCCCCCCCC=CCCCCCCCC(=O)N[C@@H](COP(=O)(O)O)Cc1c[nH]c2ccccc12. The number of carbonyl (C=O) groups excluding carboxylic acids is 1. The monoisotopic (exact) mass is 534 g/mol. The molecular formula is C29H47N2O5P. The first kappa shape index (κ1) is 31.3. The minimum atomic E-state index is -4.62. The number of hydrogen-bond acceptors (Lipinski definition) is 3. The van der Waals surface area contributed by atoms with Gasteiger partial charge in [-0.25, -0.2) is 4.57 Å². The highest BCUT2D eigenvalue weighted by molar-refractivity contribution is 7.46. The van der Waals surface area contributed by atoms with Crippen molar-refractivity contribution in [3.05, 3.63) is 48.2 Å². The van der Waals surface area contributed by atoms with Crippen LogP contribution in [0.25, 0.3) is 10.9 Å². The molecule has 0 radical (unpaired) electrons. The number of nitrogens with one attached hydrogen (secondary N) is 2. The maximum absolute atomic E-state index is 12.5. The van der Waals surface area contributed by atoms with Crippen LogP contribution in [0.1, 0.15) is 102 Å². The number of phosphoric acid groups is 1. The zero-order valence-electron chi connectivity index (χ0n) is 22.5. The number of benzene rings is 1. The van der Waals surface area contributed by atoms with Gasteiger partial charge in [-0.15, -0.1) is 0 Å². The van der Waals surface area contributed by atoms with Crippen molar-refractivity contribution < 1.29 is 23.7 Å². The van der Waals surface area contributed by atoms with E-state index in [1.54, 1.807) is 0 Å². The highest BCUT2D eigenvalue weighted by Gasteiger charge is 2.21. The van der Waals surface area contributed by atoms with Gasteiger partial charge in [0, 0.05) is 23.5 Å². The Morgan fingerprint density at radius 1 is 0.973 bits per heavy atom. The standard InChI is InChI=1S/C29H47N2O5P/c1-2-3-4-5-6-7-8-9-10-11-12-13-14-15-16-21-29(32)31-26(24-36-37(33,34)35)22-25-23-30-28-20-18-17-19-27(25)28/h9-10,17-20,23,26,30H,2-8,11-16,21-22,24H2,1H3,(H,31,32)(H2,33,34,35)/t26-/m1/s1. The molecule has 0 aliphatic carbocycles. The number of carbonyl (C=O) groups is 1. The third kappa shape index (κ3) is 14.6. The highest BCUT2D eigenvalue weighted by atomic mass is 31.2. The largest absolute Gasteiger partial charge is 0.469 e. The second kappa shape index (κ2) is 18.4. The van der Waals surface area contributed by atoms with Gasteiger partial charge in [-0.1, -0.05) is 88.6 Å². The summed E-state index contributed by atoms with van der Waals surface area (Å²) in [5.41, 5.74) is 1.95. The smallest absolute Gasteiger partial charge is 0.361 e. The molecule has 1 aromatic carbocycles. The summed E-state index contributed by atoms with van der Waals surface area (Å²) in [6.07, 6.45) is 23.0. The molecule has 208 valence electrons. The number of aromatic amines is 1. The molecule has 0 aliphatic heterocycles. The molecule has 2 rings (SSSR count). The van der Waals surface area contributed by atoms with E-state index >= 15 is 0 Å². The Labute approximate surface area is 222 Å². The van der Waals surface area contributed by atoms with Crippen molar-refractivity contribution in [2.75, 3.05) is 6.61 Å². The number of allylic oxidation sites excluding steroid dienone is 2. The molecule has 0 aliphatic rings. The Bertz CT molecular complexity index is 968. The maximum Gasteiger partial charge on any atom is 0.469 e. The van der Waals surface area contributed by atoms with Crippen molar-refractivity contribution in [3.63, 3.8) is 0 Å². The predicted molar refractivity (Wildman–Crippen MR) is 151 cm³/mol. The molecule has 2 aromatic rings. The Kier molecular flexibility index (Phi) is 15.5. The Morgan fingerprint density at radius 3 is 2.27 bits per heavy atom. The van der Waals surface area contributed by atoms with E-state index in [0.29, 0.717) is 12.8 Å². The molecule has 0 fully saturated rings. The molecule has 0 bridgehead atoms. The average molecular weight is 535 g/mol. The topological polar surface area (TPSA) is 112 Å². The summed E-state index contributed by atoms with van der Waals surface area (Å²) in [5.74, 6) is -0.114. The van der Waals surface area contributed by atoms with Crippen LogP contribution >= 0.6 is 7.82 Å². The van der Waals surface area contributed by atoms with Crippen LogP contribution in [0.4, 0.5) is 0 Å². The number of hydrogen-bond donors (Lipinski definition) is 4. The third-order valence-electron chi connectivity index (χ3n) is 6.62. The summed E-state index contributed by atoms with van der Waals surface area (Å²) in [6.45, 7) is 2.00. The molecular weight excluding hydrogens is 487 g/mol. The molecule has 1 amide bonds. The number of rotatable bonds is 21. The van der Waals surface area contributed by atoms with Gasteiger partial charge >= 0.3 is 7.82 Å². The van der Waals surface area contributed by atoms with Crippen molar-refractivity contribution in [2.24, 2.45) is 0 Å². The first-order valence-electron chi connectivity index (χ1n) is 14.1. The molecule has 0 saturated heterocycles. The van der Waals surface area contributed by atoms with E-state index in [0.717, 1.165) is 42.1 Å². The van der Waals surface area contributed by atoms with Crippen molar-refractivity contribution >= 4 is 24.6 Å². The number of fused-ring (bicyclic) bond motifs is 1. The predicted octanol–water partition coefficient (Wildman–Crippen LogP) is 7.34. The fraction of sp³-hybridized carbons (Fsp3) is 0.621. The number of aromatic nitrogens is 1. The Hall–Kier alpha value is -1.92. The van der Waals surface area contributed by atoms with Crippen LogP contribution in [0.3, 0.4) is 0 Å². The van der Waals surface area contributed by atoms with Crippen LogP contribution in [0.2, 0.25) is 0 Å². The average Bonchev–Trinajstić information content (AvgIpc) is 3.27. The van der Waals surface area contributed by atoms with E-state index in [1.165, 1.54) is 57.8 Å². The van der Waals surface area contributed by atoms with E-state index in [4.69, 9.17) is 14.3 Å². The molecule has 0 saturated carbocycles. The van der Waals surface area contributed by atoms with E-state index < -0.39 is 13.9 Å². The lowest BCUT2D eigenvalue weighted by atomic mass is 10.0. The third-order valence-corrected chi connectivity index (χ3v) is 7.10. The molecule has 0 spiro atoms. The number of phosphoric ester groups is 1. The van der Waals surface area contributed by atoms with Crippen LogP contribution in [0.15, 0.2) is 42.6 Å². The van der Waals surface area contributed by atoms with Crippen molar-refractivity contribution in [1.29, 1.82) is 0 Å². The quantitative estimate of drug-likeness (QED) is 0.0760. The van der Waals surface area contributed by atoms with Gasteiger partial charge in [-0.3, -0.25) is 9.32 Å². The lowest BCUT2D eigenvalue weighted by molar-refractivity contribution is -0.122. The molecule has 7 nitrogen and oxygen atoms in total. The van der Waals surface area contributed by atoms with E-state index in [-0.39, 0.29) is 12.5 Å². The summed E-state index contributed by atoms with van der Waals surface area (Å²) in [7, 11) is -4.62. The van der Waals surface area contributed by atoms with Gasteiger partial charge in [0.25, 0.3) is 0 Å². The molecule has 1 heterocycles. The first-order chi connectivity index (χ1) is 17.9. The fourth-order valence-electron chi connectivity index (χ4n) is 4.56. The van der Waals surface area contributed by atoms with Crippen LogP contribution in [0, 0.1) is 0 Å². The van der Waals surface area contributed by atoms with Gasteiger partial charge in [0.1, 0.15) is 0 Å². The molecule has 4 N–H and O–H groups in total. The van der Waals surface area contributed by atoms with Crippen LogP contribution in [-0.4, -0.2) is 33.3 Å². The van der Waals surface area contributed by atoms with Gasteiger partial charge in [-0.2, -0.15) is 0 Å².